The van der Waals surface area contributed by atoms with E-state index in [1.165, 1.54) is 17.0 Å². The maximum absolute atomic E-state index is 13.3. The molecule has 0 saturated heterocycles. The van der Waals surface area contributed by atoms with Crippen LogP contribution in [0.3, 0.4) is 0 Å². The van der Waals surface area contributed by atoms with Crippen LogP contribution in [0.1, 0.15) is 30.0 Å². The molecule has 1 atom stereocenters. The van der Waals surface area contributed by atoms with Crippen LogP contribution in [0.25, 0.3) is 0 Å². The lowest BCUT2D eigenvalue weighted by molar-refractivity contribution is -0.140. The highest BCUT2D eigenvalue weighted by Gasteiger charge is 2.26. The van der Waals surface area contributed by atoms with Gasteiger partial charge in [-0.2, -0.15) is 0 Å². The summed E-state index contributed by atoms with van der Waals surface area (Å²) in [6.45, 7) is 2.09. The number of halogens is 3. The van der Waals surface area contributed by atoms with Gasteiger partial charge < -0.3 is 10.2 Å². The van der Waals surface area contributed by atoms with E-state index < -0.39 is 6.04 Å². The number of hydrogen-bond donors (Lipinski definition) is 1. The van der Waals surface area contributed by atoms with Crippen molar-refractivity contribution in [1.29, 1.82) is 0 Å². The molecule has 0 fully saturated rings. The van der Waals surface area contributed by atoms with Crippen LogP contribution in [0.5, 0.6) is 0 Å². The van der Waals surface area contributed by atoms with Gasteiger partial charge in [0.05, 0.1) is 0 Å². The molecule has 3 aromatic carbocycles. The van der Waals surface area contributed by atoms with Crippen molar-refractivity contribution in [1.82, 2.24) is 10.2 Å². The maximum atomic E-state index is 13.3. The van der Waals surface area contributed by atoms with Crippen LogP contribution in [-0.4, -0.2) is 22.8 Å². The number of amides is 2. The molecule has 7 heteroatoms. The largest absolute Gasteiger partial charge is 0.350 e. The summed E-state index contributed by atoms with van der Waals surface area (Å²) in [5.41, 5.74) is 2.51. The molecule has 0 radical (unpaired) electrons. The second-order valence-corrected chi connectivity index (χ2v) is 8.61. The van der Waals surface area contributed by atoms with Gasteiger partial charge >= 0.3 is 0 Å². The van der Waals surface area contributed by atoms with Gasteiger partial charge in [0.15, 0.2) is 0 Å². The number of aryl methyl sites for hydroxylation is 1. The zero-order valence-corrected chi connectivity index (χ0v) is 19.7. The summed E-state index contributed by atoms with van der Waals surface area (Å²) in [5, 5.41) is 3.81. The first-order valence-corrected chi connectivity index (χ1v) is 11.4. The third-order valence-electron chi connectivity index (χ3n) is 5.37. The summed E-state index contributed by atoms with van der Waals surface area (Å²) in [6, 6.07) is 19.9. The van der Waals surface area contributed by atoms with Crippen molar-refractivity contribution >= 4 is 35.0 Å². The first-order chi connectivity index (χ1) is 15.8. The SMILES string of the molecule is C[C@H](C(=O)NCc1ccc(Cl)cc1Cl)N(Cc1ccc(F)cc1)C(=O)CCc1ccccc1. The summed E-state index contributed by atoms with van der Waals surface area (Å²) < 4.78 is 13.3. The van der Waals surface area contributed by atoms with Crippen molar-refractivity contribution in [2.75, 3.05) is 0 Å². The molecule has 0 aliphatic heterocycles. The molecule has 2 amide bonds. The van der Waals surface area contributed by atoms with Crippen molar-refractivity contribution in [2.45, 2.75) is 38.9 Å². The molecule has 0 spiro atoms. The molecule has 0 aliphatic rings. The molecule has 0 saturated carbocycles. The summed E-state index contributed by atoms with van der Waals surface area (Å²) in [4.78, 5) is 27.6. The summed E-state index contributed by atoms with van der Waals surface area (Å²) >= 11 is 12.1. The standard InChI is InChI=1S/C26H25Cl2FN2O2/c1-18(26(33)30-16-21-10-11-22(27)15-24(21)28)31(17-20-7-12-23(29)13-8-20)25(32)14-9-19-5-3-2-4-6-19/h2-8,10-13,15,18H,9,14,16-17H2,1H3,(H,30,33)/t18-/m1/s1. The summed E-state index contributed by atoms with van der Waals surface area (Å²) in [7, 11) is 0. The monoisotopic (exact) mass is 486 g/mol. The molecule has 0 aromatic heterocycles. The third kappa shape index (κ3) is 7.31. The van der Waals surface area contributed by atoms with Crippen molar-refractivity contribution in [3.8, 4) is 0 Å². The van der Waals surface area contributed by atoms with Gasteiger partial charge in [-0.3, -0.25) is 9.59 Å². The molecule has 0 heterocycles. The normalized spacial score (nSPS) is 11.6. The van der Waals surface area contributed by atoms with Gasteiger partial charge in [-0.1, -0.05) is 71.7 Å². The van der Waals surface area contributed by atoms with Crippen LogP contribution in [0.15, 0.2) is 72.8 Å². The molecule has 0 unspecified atom stereocenters. The minimum absolute atomic E-state index is 0.157. The second kappa shape index (κ2) is 11.8. The number of nitrogens with zero attached hydrogens (tertiary/aromatic N) is 1. The van der Waals surface area contributed by atoms with E-state index in [0.29, 0.717) is 16.5 Å². The van der Waals surface area contributed by atoms with Gasteiger partial charge in [0.1, 0.15) is 11.9 Å². The van der Waals surface area contributed by atoms with Crippen LogP contribution in [0.2, 0.25) is 10.0 Å². The minimum atomic E-state index is -0.732. The minimum Gasteiger partial charge on any atom is -0.350 e. The Morgan fingerprint density at radius 1 is 0.970 bits per heavy atom. The van der Waals surface area contributed by atoms with Crippen molar-refractivity contribution in [3.63, 3.8) is 0 Å². The molecule has 3 aromatic rings. The Balaban J connectivity index is 1.70. The highest BCUT2D eigenvalue weighted by atomic mass is 35.5. The Labute approximate surface area is 203 Å². The molecule has 33 heavy (non-hydrogen) atoms. The van der Waals surface area contributed by atoms with E-state index in [0.717, 1.165) is 16.7 Å². The Hall–Kier alpha value is -2.89. The van der Waals surface area contributed by atoms with Gasteiger partial charge in [0.2, 0.25) is 11.8 Å². The van der Waals surface area contributed by atoms with Gasteiger partial charge in [-0.15, -0.1) is 0 Å². The highest BCUT2D eigenvalue weighted by molar-refractivity contribution is 6.35. The molecular weight excluding hydrogens is 462 g/mol. The molecule has 0 aliphatic carbocycles. The Morgan fingerprint density at radius 3 is 2.33 bits per heavy atom. The Bertz CT molecular complexity index is 1090. The maximum Gasteiger partial charge on any atom is 0.242 e. The lowest BCUT2D eigenvalue weighted by Crippen LogP contribution is -2.47. The Morgan fingerprint density at radius 2 is 1.67 bits per heavy atom. The fourth-order valence-corrected chi connectivity index (χ4v) is 3.88. The molecule has 4 nitrogen and oxygen atoms in total. The number of benzene rings is 3. The predicted molar refractivity (Wildman–Crippen MR) is 129 cm³/mol. The predicted octanol–water partition coefficient (Wildman–Crippen LogP) is 5.80. The van der Waals surface area contributed by atoms with E-state index in [2.05, 4.69) is 5.32 Å². The third-order valence-corrected chi connectivity index (χ3v) is 5.96. The number of hydrogen-bond acceptors (Lipinski definition) is 2. The highest BCUT2D eigenvalue weighted by Crippen LogP contribution is 2.21. The first kappa shape index (κ1) is 24.7. The second-order valence-electron chi connectivity index (χ2n) is 7.76. The summed E-state index contributed by atoms with van der Waals surface area (Å²) in [6.07, 6.45) is 0.820. The zero-order chi connectivity index (χ0) is 23.8. The Kier molecular flexibility index (Phi) is 8.87. The van der Waals surface area contributed by atoms with Gasteiger partial charge in [-0.25, -0.2) is 4.39 Å². The van der Waals surface area contributed by atoms with Crippen molar-refractivity contribution in [3.05, 3.63) is 105 Å². The first-order valence-electron chi connectivity index (χ1n) is 10.6. The van der Waals surface area contributed by atoms with E-state index in [1.807, 2.05) is 30.3 Å². The fourth-order valence-electron chi connectivity index (χ4n) is 3.40. The topological polar surface area (TPSA) is 49.4 Å². The molecule has 0 bridgehead atoms. The lowest BCUT2D eigenvalue weighted by atomic mass is 10.1. The average molecular weight is 487 g/mol. The van der Waals surface area contributed by atoms with Crippen molar-refractivity contribution < 1.29 is 14.0 Å². The zero-order valence-electron chi connectivity index (χ0n) is 18.2. The van der Waals surface area contributed by atoms with Crippen molar-refractivity contribution in [2.24, 2.45) is 0 Å². The van der Waals surface area contributed by atoms with E-state index >= 15 is 0 Å². The fraction of sp³-hybridized carbons (Fsp3) is 0.231. The van der Waals surface area contributed by atoms with Crippen LogP contribution in [0.4, 0.5) is 4.39 Å². The molecule has 172 valence electrons. The van der Waals surface area contributed by atoms with E-state index in [-0.39, 0.29) is 37.1 Å². The van der Waals surface area contributed by atoms with Crippen LogP contribution in [0, 0.1) is 5.82 Å². The number of nitrogens with one attached hydrogen (secondary N) is 1. The summed E-state index contributed by atoms with van der Waals surface area (Å²) in [5.74, 6) is -0.821. The average Bonchev–Trinajstić information content (AvgIpc) is 2.81. The molecule has 1 N–H and O–H groups in total. The van der Waals surface area contributed by atoms with E-state index in [1.54, 1.807) is 37.3 Å². The van der Waals surface area contributed by atoms with Gasteiger partial charge in [0, 0.05) is 29.6 Å². The van der Waals surface area contributed by atoms with Crippen LogP contribution >= 0.6 is 23.2 Å². The van der Waals surface area contributed by atoms with Gasteiger partial charge in [-0.05, 0) is 54.3 Å². The lowest BCUT2D eigenvalue weighted by Gasteiger charge is -2.29. The number of carbonyl (C=O) groups excluding carboxylic acids is 2. The van der Waals surface area contributed by atoms with E-state index in [9.17, 15) is 14.0 Å². The number of rotatable bonds is 9. The van der Waals surface area contributed by atoms with Crippen LogP contribution < -0.4 is 5.32 Å². The van der Waals surface area contributed by atoms with E-state index in [4.69, 9.17) is 23.2 Å². The molecule has 3 rings (SSSR count). The number of carbonyl (C=O) groups is 2. The smallest absolute Gasteiger partial charge is 0.242 e. The van der Waals surface area contributed by atoms with Gasteiger partial charge in [0.25, 0.3) is 0 Å². The molecular formula is C26H25Cl2FN2O2. The quantitative estimate of drug-likeness (QED) is 0.415. The van der Waals surface area contributed by atoms with Crippen LogP contribution in [-0.2, 0) is 29.1 Å².